The number of carbonyl (C=O) groups excluding carboxylic acids is 1. The third-order valence-electron chi connectivity index (χ3n) is 3.06. The Bertz CT molecular complexity index is 367. The molecule has 1 amide bonds. The fraction of sp³-hybridized carbons (Fsp3) is 0.462. The number of benzene rings is 1. The predicted molar refractivity (Wildman–Crippen MR) is 65.7 cm³/mol. The molecule has 0 aliphatic carbocycles. The summed E-state index contributed by atoms with van der Waals surface area (Å²) in [4.78, 5) is 13.5. The van der Waals surface area contributed by atoms with Crippen LogP contribution >= 0.6 is 0 Å². The lowest BCUT2D eigenvalue weighted by molar-refractivity contribution is 0.103. The van der Waals surface area contributed by atoms with Crippen molar-refractivity contribution in [2.24, 2.45) is 0 Å². The van der Waals surface area contributed by atoms with Gasteiger partial charge >= 0.3 is 6.09 Å². The lowest BCUT2D eigenvalue weighted by atomic mass is 10.2. The van der Waals surface area contributed by atoms with E-state index in [0.717, 1.165) is 25.1 Å². The van der Waals surface area contributed by atoms with Crippen molar-refractivity contribution in [3.63, 3.8) is 0 Å². The highest BCUT2D eigenvalue weighted by Gasteiger charge is 2.25. The molecule has 0 spiro atoms. The van der Waals surface area contributed by atoms with Crippen LogP contribution in [0.1, 0.15) is 12.0 Å². The summed E-state index contributed by atoms with van der Waals surface area (Å²) in [5, 5.41) is 3.17. The molecule has 17 heavy (non-hydrogen) atoms. The highest BCUT2D eigenvalue weighted by Crippen LogP contribution is 2.11. The van der Waals surface area contributed by atoms with Gasteiger partial charge in [0, 0.05) is 19.1 Å². The van der Waals surface area contributed by atoms with Crippen LogP contribution in [0.5, 0.6) is 0 Å². The normalized spacial score (nSPS) is 19.4. The van der Waals surface area contributed by atoms with E-state index in [1.807, 2.05) is 37.4 Å². The first kappa shape index (κ1) is 11.9. The van der Waals surface area contributed by atoms with E-state index in [0.29, 0.717) is 12.6 Å². The minimum Gasteiger partial charge on any atom is -0.445 e. The van der Waals surface area contributed by atoms with Gasteiger partial charge in [-0.25, -0.2) is 4.79 Å². The van der Waals surface area contributed by atoms with Crippen molar-refractivity contribution >= 4 is 6.09 Å². The molecular weight excluding hydrogens is 216 g/mol. The van der Waals surface area contributed by atoms with Crippen molar-refractivity contribution in [1.82, 2.24) is 10.2 Å². The Balaban J connectivity index is 1.78. The maximum Gasteiger partial charge on any atom is 0.410 e. The molecule has 0 saturated carbocycles. The zero-order chi connectivity index (χ0) is 12.1. The quantitative estimate of drug-likeness (QED) is 0.864. The van der Waals surface area contributed by atoms with Crippen molar-refractivity contribution < 1.29 is 9.53 Å². The Labute approximate surface area is 102 Å². The number of likely N-dealkylation sites (N-methyl/N-ethyl adjacent to an activating group) is 1. The molecule has 1 atom stereocenters. The van der Waals surface area contributed by atoms with E-state index in [2.05, 4.69) is 5.32 Å². The zero-order valence-corrected chi connectivity index (χ0v) is 10.1. The number of rotatable bonds is 3. The minimum absolute atomic E-state index is 0.216. The minimum atomic E-state index is -0.216. The topological polar surface area (TPSA) is 41.6 Å². The second kappa shape index (κ2) is 5.68. The van der Waals surface area contributed by atoms with Gasteiger partial charge in [-0.1, -0.05) is 30.3 Å². The van der Waals surface area contributed by atoms with Crippen LogP contribution in [-0.4, -0.2) is 37.2 Å². The number of carbonyl (C=O) groups is 1. The van der Waals surface area contributed by atoms with Gasteiger partial charge in [0.1, 0.15) is 6.61 Å². The monoisotopic (exact) mass is 234 g/mol. The van der Waals surface area contributed by atoms with E-state index in [1.54, 1.807) is 4.90 Å². The molecular formula is C13H18N2O2. The number of ether oxygens (including phenoxy) is 1. The summed E-state index contributed by atoms with van der Waals surface area (Å²) in [6.07, 6.45) is 0.781. The first-order chi connectivity index (χ1) is 8.29. The number of nitrogens with zero attached hydrogens (tertiary/aromatic N) is 1. The number of nitrogens with one attached hydrogen (secondary N) is 1. The summed E-state index contributed by atoms with van der Waals surface area (Å²) < 4.78 is 5.26. The molecule has 1 heterocycles. The van der Waals surface area contributed by atoms with Crippen LogP contribution in [0, 0.1) is 0 Å². The molecule has 4 heteroatoms. The van der Waals surface area contributed by atoms with Crippen LogP contribution in [0.3, 0.4) is 0 Å². The third kappa shape index (κ3) is 3.20. The molecule has 1 aliphatic heterocycles. The third-order valence-corrected chi connectivity index (χ3v) is 3.06. The van der Waals surface area contributed by atoms with Gasteiger partial charge in [0.05, 0.1) is 0 Å². The molecule has 1 saturated heterocycles. The van der Waals surface area contributed by atoms with Crippen LogP contribution in [-0.2, 0) is 11.3 Å². The fourth-order valence-electron chi connectivity index (χ4n) is 1.97. The zero-order valence-electron chi connectivity index (χ0n) is 10.1. The Hall–Kier alpha value is -1.55. The SMILES string of the molecule is CNC1CCN(C(=O)OCc2ccccc2)C1. The number of hydrogen-bond donors (Lipinski definition) is 1. The maximum atomic E-state index is 11.8. The van der Waals surface area contributed by atoms with Gasteiger partial charge in [-0.2, -0.15) is 0 Å². The molecule has 2 rings (SSSR count). The fourth-order valence-corrected chi connectivity index (χ4v) is 1.97. The van der Waals surface area contributed by atoms with Crippen molar-refractivity contribution in [2.75, 3.05) is 20.1 Å². The van der Waals surface area contributed by atoms with Gasteiger partial charge in [0.2, 0.25) is 0 Å². The predicted octanol–water partition coefficient (Wildman–Crippen LogP) is 1.62. The summed E-state index contributed by atoms with van der Waals surface area (Å²) in [5.41, 5.74) is 1.02. The Morgan fingerprint density at radius 1 is 1.47 bits per heavy atom. The van der Waals surface area contributed by atoms with Gasteiger partial charge in [0.25, 0.3) is 0 Å². The van der Waals surface area contributed by atoms with E-state index in [9.17, 15) is 4.79 Å². The number of amides is 1. The summed E-state index contributed by atoms with van der Waals surface area (Å²) >= 11 is 0. The van der Waals surface area contributed by atoms with Crippen LogP contribution in [0.25, 0.3) is 0 Å². The molecule has 1 unspecified atom stereocenters. The average Bonchev–Trinajstić information content (AvgIpc) is 2.86. The van der Waals surface area contributed by atoms with E-state index in [-0.39, 0.29) is 6.09 Å². The standard InChI is InChI=1S/C13H18N2O2/c1-14-12-7-8-15(9-12)13(16)17-10-11-5-3-2-4-6-11/h2-6,12,14H,7-10H2,1H3. The summed E-state index contributed by atoms with van der Waals surface area (Å²) in [7, 11) is 1.92. The van der Waals surface area contributed by atoms with E-state index in [1.165, 1.54) is 0 Å². The van der Waals surface area contributed by atoms with Crippen molar-refractivity contribution in [3.8, 4) is 0 Å². The van der Waals surface area contributed by atoms with Crippen molar-refractivity contribution in [3.05, 3.63) is 35.9 Å². The highest BCUT2D eigenvalue weighted by atomic mass is 16.6. The Morgan fingerprint density at radius 3 is 2.88 bits per heavy atom. The Kier molecular flexibility index (Phi) is 3.98. The van der Waals surface area contributed by atoms with Gasteiger partial charge < -0.3 is 15.0 Å². The second-order valence-electron chi connectivity index (χ2n) is 4.26. The van der Waals surface area contributed by atoms with Gasteiger partial charge in [-0.15, -0.1) is 0 Å². The lowest BCUT2D eigenvalue weighted by Gasteiger charge is -2.16. The van der Waals surface area contributed by atoms with Gasteiger partial charge in [-0.05, 0) is 19.0 Å². The first-order valence-electron chi connectivity index (χ1n) is 5.92. The molecule has 1 fully saturated rings. The molecule has 0 aromatic heterocycles. The van der Waals surface area contributed by atoms with Crippen LogP contribution in [0.2, 0.25) is 0 Å². The summed E-state index contributed by atoms with van der Waals surface area (Å²) in [5.74, 6) is 0. The van der Waals surface area contributed by atoms with E-state index in [4.69, 9.17) is 4.74 Å². The van der Waals surface area contributed by atoms with Crippen molar-refractivity contribution in [1.29, 1.82) is 0 Å². The molecule has 1 aromatic rings. The van der Waals surface area contributed by atoms with Crippen LogP contribution < -0.4 is 5.32 Å². The molecule has 92 valence electrons. The molecule has 0 radical (unpaired) electrons. The molecule has 4 nitrogen and oxygen atoms in total. The summed E-state index contributed by atoms with van der Waals surface area (Å²) in [6.45, 7) is 1.86. The molecule has 1 aromatic carbocycles. The van der Waals surface area contributed by atoms with Crippen LogP contribution in [0.15, 0.2) is 30.3 Å². The van der Waals surface area contributed by atoms with E-state index < -0.39 is 0 Å². The van der Waals surface area contributed by atoms with Gasteiger partial charge in [0.15, 0.2) is 0 Å². The first-order valence-corrected chi connectivity index (χ1v) is 5.92. The largest absolute Gasteiger partial charge is 0.445 e. The number of likely N-dealkylation sites (tertiary alicyclic amines) is 1. The Morgan fingerprint density at radius 2 is 2.24 bits per heavy atom. The lowest BCUT2D eigenvalue weighted by Crippen LogP contribution is -2.33. The average molecular weight is 234 g/mol. The maximum absolute atomic E-state index is 11.8. The van der Waals surface area contributed by atoms with Crippen molar-refractivity contribution in [2.45, 2.75) is 19.1 Å². The molecule has 0 bridgehead atoms. The highest BCUT2D eigenvalue weighted by molar-refractivity contribution is 5.68. The van der Waals surface area contributed by atoms with E-state index >= 15 is 0 Å². The number of hydrogen-bond acceptors (Lipinski definition) is 3. The summed E-state index contributed by atoms with van der Waals surface area (Å²) in [6, 6.07) is 10.1. The second-order valence-corrected chi connectivity index (χ2v) is 4.26. The van der Waals surface area contributed by atoms with Gasteiger partial charge in [-0.3, -0.25) is 0 Å². The van der Waals surface area contributed by atoms with Crippen LogP contribution in [0.4, 0.5) is 4.79 Å². The molecule has 1 N–H and O–H groups in total. The smallest absolute Gasteiger partial charge is 0.410 e. The molecule has 1 aliphatic rings.